The molecule has 0 aromatic heterocycles. The number of carbonyl (C=O) groups is 3. The highest BCUT2D eigenvalue weighted by atomic mass is 16.4. The summed E-state index contributed by atoms with van der Waals surface area (Å²) in [4.78, 5) is 31.6. The van der Waals surface area contributed by atoms with E-state index in [2.05, 4.69) is 0 Å². The standard InChI is InChI=1S/C5H5NO4/c7-3-1-2-6(4(3)8)5(9)10/h1-2H2,(H,9,10). The number of nitrogens with zero attached hydrogens (tertiary/aromatic N) is 1. The largest absolute Gasteiger partial charge is 0.465 e. The molecule has 0 aliphatic carbocycles. The molecule has 0 unspecified atom stereocenters. The van der Waals surface area contributed by atoms with Crippen LogP contribution in [0, 0.1) is 0 Å². The normalized spacial score (nSPS) is 18.2. The van der Waals surface area contributed by atoms with Crippen LogP contribution in [0.4, 0.5) is 4.79 Å². The van der Waals surface area contributed by atoms with Gasteiger partial charge < -0.3 is 5.11 Å². The first-order chi connectivity index (χ1) is 4.63. The van der Waals surface area contributed by atoms with E-state index >= 15 is 0 Å². The van der Waals surface area contributed by atoms with Crippen molar-refractivity contribution in [2.45, 2.75) is 6.42 Å². The van der Waals surface area contributed by atoms with E-state index in [1.165, 1.54) is 0 Å². The number of imide groups is 1. The van der Waals surface area contributed by atoms with Crippen molar-refractivity contribution in [1.82, 2.24) is 4.90 Å². The molecule has 5 nitrogen and oxygen atoms in total. The Kier molecular flexibility index (Phi) is 1.41. The van der Waals surface area contributed by atoms with Gasteiger partial charge in [-0.1, -0.05) is 0 Å². The van der Waals surface area contributed by atoms with Crippen molar-refractivity contribution in [3.8, 4) is 0 Å². The molecule has 0 radical (unpaired) electrons. The summed E-state index contributed by atoms with van der Waals surface area (Å²) in [5.74, 6) is -1.53. The fraction of sp³-hybridized carbons (Fsp3) is 0.400. The molecule has 0 aromatic rings. The molecule has 1 aliphatic rings. The minimum atomic E-state index is -1.35. The van der Waals surface area contributed by atoms with Gasteiger partial charge in [0.1, 0.15) is 0 Å². The monoisotopic (exact) mass is 143 g/mol. The fourth-order valence-corrected chi connectivity index (χ4v) is 0.755. The molecule has 1 fully saturated rings. The smallest absolute Gasteiger partial charge is 0.414 e. The number of ketones is 1. The number of likely N-dealkylation sites (tertiary alicyclic amines) is 1. The van der Waals surface area contributed by atoms with Crippen molar-refractivity contribution in [2.24, 2.45) is 0 Å². The van der Waals surface area contributed by atoms with Crippen molar-refractivity contribution in [3.05, 3.63) is 0 Å². The van der Waals surface area contributed by atoms with Crippen molar-refractivity contribution < 1.29 is 19.5 Å². The van der Waals surface area contributed by atoms with Gasteiger partial charge in [0.2, 0.25) is 5.78 Å². The minimum absolute atomic E-state index is 0.00694. The van der Waals surface area contributed by atoms with Gasteiger partial charge in [-0.3, -0.25) is 9.59 Å². The predicted molar refractivity (Wildman–Crippen MR) is 29.4 cm³/mol. The van der Waals surface area contributed by atoms with E-state index in [-0.39, 0.29) is 13.0 Å². The number of hydrogen-bond acceptors (Lipinski definition) is 3. The summed E-state index contributed by atoms with van der Waals surface area (Å²) in [5.41, 5.74) is 0. The van der Waals surface area contributed by atoms with Crippen LogP contribution < -0.4 is 0 Å². The Morgan fingerprint density at radius 2 is 2.10 bits per heavy atom. The quantitative estimate of drug-likeness (QED) is 0.462. The summed E-state index contributed by atoms with van der Waals surface area (Å²) >= 11 is 0. The van der Waals surface area contributed by atoms with Crippen molar-refractivity contribution in [1.29, 1.82) is 0 Å². The summed E-state index contributed by atoms with van der Waals surface area (Å²) < 4.78 is 0. The molecule has 10 heavy (non-hydrogen) atoms. The van der Waals surface area contributed by atoms with Gasteiger partial charge in [-0.25, -0.2) is 9.69 Å². The zero-order chi connectivity index (χ0) is 7.72. The third-order valence-corrected chi connectivity index (χ3v) is 1.28. The number of hydrogen-bond donors (Lipinski definition) is 1. The molecule has 0 bridgehead atoms. The van der Waals surface area contributed by atoms with Crippen molar-refractivity contribution in [3.63, 3.8) is 0 Å². The Hall–Kier alpha value is -1.39. The number of carbonyl (C=O) groups excluding carboxylic acids is 2. The van der Waals surface area contributed by atoms with Crippen LogP contribution in [0.1, 0.15) is 6.42 Å². The maximum absolute atomic E-state index is 10.5. The van der Waals surface area contributed by atoms with Gasteiger partial charge >= 0.3 is 6.09 Å². The maximum atomic E-state index is 10.5. The highest BCUT2D eigenvalue weighted by Crippen LogP contribution is 2.05. The number of amides is 2. The molecular weight excluding hydrogens is 138 g/mol. The van der Waals surface area contributed by atoms with Crippen molar-refractivity contribution in [2.75, 3.05) is 6.54 Å². The first kappa shape index (κ1) is 6.73. The van der Waals surface area contributed by atoms with Crippen LogP contribution in [0.3, 0.4) is 0 Å². The van der Waals surface area contributed by atoms with Crippen LogP contribution in [0.15, 0.2) is 0 Å². The van der Waals surface area contributed by atoms with E-state index in [4.69, 9.17) is 5.11 Å². The molecule has 1 aliphatic heterocycles. The second kappa shape index (κ2) is 2.09. The van der Waals surface area contributed by atoms with Crippen LogP contribution in [-0.2, 0) is 9.59 Å². The molecule has 1 heterocycles. The van der Waals surface area contributed by atoms with Gasteiger partial charge in [-0.2, -0.15) is 0 Å². The molecule has 1 N–H and O–H groups in total. The molecule has 1 rings (SSSR count). The number of Topliss-reactive ketones (excluding diaryl/α,β-unsaturated/α-hetero) is 1. The Bertz CT molecular complexity index is 210. The lowest BCUT2D eigenvalue weighted by molar-refractivity contribution is -0.138. The van der Waals surface area contributed by atoms with Crippen LogP contribution in [0.25, 0.3) is 0 Å². The lowest BCUT2D eigenvalue weighted by Crippen LogP contribution is -2.32. The zero-order valence-electron chi connectivity index (χ0n) is 5.03. The second-order valence-electron chi connectivity index (χ2n) is 1.91. The molecule has 5 heteroatoms. The topological polar surface area (TPSA) is 74.7 Å². The Morgan fingerprint density at radius 1 is 1.50 bits per heavy atom. The zero-order valence-corrected chi connectivity index (χ0v) is 5.03. The molecule has 54 valence electrons. The molecule has 0 aromatic carbocycles. The Morgan fingerprint density at radius 3 is 2.30 bits per heavy atom. The van der Waals surface area contributed by atoms with Gasteiger partial charge in [0, 0.05) is 13.0 Å². The second-order valence-corrected chi connectivity index (χ2v) is 1.91. The van der Waals surface area contributed by atoms with Gasteiger partial charge in [0.15, 0.2) is 0 Å². The molecule has 1 saturated heterocycles. The van der Waals surface area contributed by atoms with E-state index < -0.39 is 17.8 Å². The minimum Gasteiger partial charge on any atom is -0.465 e. The van der Waals surface area contributed by atoms with Crippen LogP contribution in [-0.4, -0.2) is 34.3 Å². The van der Waals surface area contributed by atoms with Gasteiger partial charge in [0.25, 0.3) is 5.91 Å². The van der Waals surface area contributed by atoms with E-state index in [1.54, 1.807) is 0 Å². The number of carboxylic acid groups (broad SMARTS) is 1. The number of rotatable bonds is 0. The lowest BCUT2D eigenvalue weighted by atomic mass is 10.3. The van der Waals surface area contributed by atoms with E-state index in [0.29, 0.717) is 4.90 Å². The van der Waals surface area contributed by atoms with Gasteiger partial charge in [-0.15, -0.1) is 0 Å². The first-order valence-corrected chi connectivity index (χ1v) is 2.70. The third-order valence-electron chi connectivity index (χ3n) is 1.28. The summed E-state index contributed by atoms with van der Waals surface area (Å²) in [6.45, 7) is 0.00694. The predicted octanol–water partition coefficient (Wildman–Crippen LogP) is -0.534. The third kappa shape index (κ3) is 0.854. The summed E-state index contributed by atoms with van der Waals surface area (Å²) in [6.07, 6.45) is -1.33. The average molecular weight is 143 g/mol. The van der Waals surface area contributed by atoms with E-state index in [1.807, 2.05) is 0 Å². The molecule has 0 atom stereocenters. The molecular formula is C5H5NO4. The highest BCUT2D eigenvalue weighted by Gasteiger charge is 2.33. The van der Waals surface area contributed by atoms with Crippen LogP contribution in [0.5, 0.6) is 0 Å². The molecule has 2 amide bonds. The Labute approximate surface area is 56.2 Å². The Balaban J connectivity index is 2.76. The molecule has 0 spiro atoms. The SMILES string of the molecule is O=C1CCN(C(=O)O)C1=O. The summed E-state index contributed by atoms with van der Waals surface area (Å²) in [5, 5.41) is 8.25. The van der Waals surface area contributed by atoms with Gasteiger partial charge in [0.05, 0.1) is 0 Å². The average Bonchev–Trinajstić information content (AvgIpc) is 2.14. The van der Waals surface area contributed by atoms with Crippen LogP contribution in [0.2, 0.25) is 0 Å². The first-order valence-electron chi connectivity index (χ1n) is 2.70. The molecule has 0 saturated carbocycles. The van der Waals surface area contributed by atoms with Gasteiger partial charge in [-0.05, 0) is 0 Å². The maximum Gasteiger partial charge on any atom is 0.414 e. The van der Waals surface area contributed by atoms with Crippen molar-refractivity contribution >= 4 is 17.8 Å². The summed E-state index contributed by atoms with van der Waals surface area (Å²) in [6, 6.07) is 0. The van der Waals surface area contributed by atoms with E-state index in [9.17, 15) is 14.4 Å². The van der Waals surface area contributed by atoms with Crippen LogP contribution >= 0.6 is 0 Å². The summed E-state index contributed by atoms with van der Waals surface area (Å²) in [7, 11) is 0. The fourth-order valence-electron chi connectivity index (χ4n) is 0.755. The highest BCUT2D eigenvalue weighted by molar-refractivity contribution is 6.40. The van der Waals surface area contributed by atoms with E-state index in [0.717, 1.165) is 0 Å². The lowest BCUT2D eigenvalue weighted by Gasteiger charge is -2.04.